The van der Waals surface area contributed by atoms with E-state index in [2.05, 4.69) is 6.42 Å². The van der Waals surface area contributed by atoms with E-state index in [1.54, 1.807) is 0 Å². The van der Waals surface area contributed by atoms with Crippen LogP contribution >= 0.6 is 0 Å². The largest absolute Gasteiger partial charge is 0.341 e. The third-order valence-electron chi connectivity index (χ3n) is 2.08. The van der Waals surface area contributed by atoms with Gasteiger partial charge >= 0.3 is 0 Å². The number of carbonyl (C=O) groups is 1. The Kier molecular flexibility index (Phi) is 2.18. The number of amides is 1. The van der Waals surface area contributed by atoms with E-state index in [4.69, 9.17) is 5.73 Å². The van der Waals surface area contributed by atoms with Crippen LogP contribution in [0.25, 0.3) is 0 Å². The van der Waals surface area contributed by atoms with Gasteiger partial charge in [-0.1, -0.05) is 0 Å². The highest BCUT2D eigenvalue weighted by Gasteiger charge is 2.33. The zero-order valence-corrected chi connectivity index (χ0v) is 7.13. The number of hydrogen-bond acceptors (Lipinski definition) is 2. The zero-order valence-electron chi connectivity index (χ0n) is 7.13. The lowest BCUT2D eigenvalue weighted by molar-refractivity contribution is -0.141. The van der Waals surface area contributed by atoms with Gasteiger partial charge in [0.25, 0.3) is 0 Å². The highest BCUT2D eigenvalue weighted by atomic mass is 16.2. The topological polar surface area (TPSA) is 46.3 Å². The van der Waals surface area contributed by atoms with Crippen molar-refractivity contribution in [2.45, 2.75) is 13.8 Å². The van der Waals surface area contributed by atoms with Gasteiger partial charge in [-0.05, 0) is 13.8 Å². The maximum atomic E-state index is 11.5. The first-order valence-corrected chi connectivity index (χ1v) is 3.89. The van der Waals surface area contributed by atoms with Crippen molar-refractivity contribution in [3.63, 3.8) is 0 Å². The fourth-order valence-corrected chi connectivity index (χ4v) is 0.939. The Bertz CT molecular complexity index is 161. The number of rotatable bonds is 2. The molecule has 1 aliphatic heterocycles. The molecule has 0 unspecified atom stereocenters. The third-order valence-corrected chi connectivity index (χ3v) is 2.08. The van der Waals surface area contributed by atoms with Crippen molar-refractivity contribution in [1.29, 1.82) is 0 Å². The highest BCUT2D eigenvalue weighted by Crippen LogP contribution is 2.20. The summed E-state index contributed by atoms with van der Waals surface area (Å²) in [5, 5.41) is 0. The third kappa shape index (κ3) is 1.53. The lowest BCUT2D eigenvalue weighted by Crippen LogP contribution is -2.50. The normalized spacial score (nSPS) is 17.9. The number of likely N-dealkylation sites (tertiary alicyclic amines) is 1. The molecule has 0 saturated carbocycles. The number of hydrogen-bond donors (Lipinski definition) is 1. The van der Waals surface area contributed by atoms with Crippen molar-refractivity contribution < 1.29 is 4.79 Å². The van der Waals surface area contributed by atoms with Gasteiger partial charge in [0.1, 0.15) is 0 Å². The summed E-state index contributed by atoms with van der Waals surface area (Å²) < 4.78 is 0. The van der Waals surface area contributed by atoms with E-state index < -0.39 is 0 Å². The molecular weight excluding hydrogens is 140 g/mol. The van der Waals surface area contributed by atoms with E-state index in [9.17, 15) is 4.79 Å². The van der Waals surface area contributed by atoms with E-state index in [0.717, 1.165) is 13.1 Å². The predicted molar refractivity (Wildman–Crippen MR) is 43.7 cm³/mol. The summed E-state index contributed by atoms with van der Waals surface area (Å²) in [6.07, 6.45) is 2.07. The van der Waals surface area contributed by atoms with Crippen molar-refractivity contribution in [3.05, 3.63) is 6.42 Å². The molecule has 1 aliphatic rings. The van der Waals surface area contributed by atoms with E-state index in [1.165, 1.54) is 0 Å². The Morgan fingerprint density at radius 3 is 2.45 bits per heavy atom. The maximum Gasteiger partial charge on any atom is 0.229 e. The van der Waals surface area contributed by atoms with Crippen molar-refractivity contribution >= 4 is 5.91 Å². The second kappa shape index (κ2) is 2.81. The average molecular weight is 155 g/mol. The van der Waals surface area contributed by atoms with Crippen molar-refractivity contribution in [2.24, 2.45) is 11.1 Å². The molecular formula is C8H15N2O. The highest BCUT2D eigenvalue weighted by molar-refractivity contribution is 5.83. The first-order valence-electron chi connectivity index (χ1n) is 3.89. The van der Waals surface area contributed by atoms with E-state index in [1.807, 2.05) is 18.7 Å². The summed E-state index contributed by atoms with van der Waals surface area (Å²) in [5.74, 6) is 0.169. The predicted octanol–water partition coefficient (Wildman–Crippen LogP) is 0.0178. The van der Waals surface area contributed by atoms with E-state index in [0.29, 0.717) is 6.54 Å². The molecule has 1 rings (SSSR count). The first kappa shape index (κ1) is 8.53. The van der Waals surface area contributed by atoms with Gasteiger partial charge in [-0.3, -0.25) is 4.79 Å². The summed E-state index contributed by atoms with van der Waals surface area (Å²) in [5.41, 5.74) is 5.09. The van der Waals surface area contributed by atoms with Gasteiger partial charge < -0.3 is 10.6 Å². The minimum Gasteiger partial charge on any atom is -0.341 e. The lowest BCUT2D eigenvalue weighted by Gasteiger charge is -2.36. The molecule has 1 amide bonds. The molecule has 0 aromatic rings. The van der Waals surface area contributed by atoms with Crippen LogP contribution in [-0.4, -0.2) is 30.4 Å². The molecule has 0 bridgehead atoms. The van der Waals surface area contributed by atoms with Crippen LogP contribution in [0.3, 0.4) is 0 Å². The van der Waals surface area contributed by atoms with Crippen molar-refractivity contribution in [1.82, 2.24) is 4.90 Å². The van der Waals surface area contributed by atoms with Gasteiger partial charge in [-0.2, -0.15) is 0 Å². The molecule has 1 heterocycles. The quantitative estimate of drug-likeness (QED) is 0.611. The Hall–Kier alpha value is -0.570. The molecule has 1 fully saturated rings. The molecule has 0 aromatic heterocycles. The Morgan fingerprint density at radius 1 is 1.64 bits per heavy atom. The minimum absolute atomic E-state index is 0.169. The Morgan fingerprint density at radius 2 is 2.18 bits per heavy atom. The molecule has 3 nitrogen and oxygen atoms in total. The van der Waals surface area contributed by atoms with Gasteiger partial charge in [0.15, 0.2) is 0 Å². The van der Waals surface area contributed by atoms with Crippen LogP contribution in [0.5, 0.6) is 0 Å². The molecule has 0 spiro atoms. The van der Waals surface area contributed by atoms with Gasteiger partial charge in [0.05, 0.1) is 5.41 Å². The van der Waals surface area contributed by atoms with Gasteiger partial charge in [-0.25, -0.2) is 0 Å². The molecule has 1 radical (unpaired) electrons. The molecule has 3 heteroatoms. The second-order valence-electron chi connectivity index (χ2n) is 3.59. The van der Waals surface area contributed by atoms with Gasteiger partial charge in [0, 0.05) is 26.1 Å². The zero-order chi connectivity index (χ0) is 8.48. The van der Waals surface area contributed by atoms with E-state index >= 15 is 0 Å². The van der Waals surface area contributed by atoms with Crippen molar-refractivity contribution in [2.75, 3.05) is 19.6 Å². The maximum absolute atomic E-state index is 11.5. The number of carbonyl (C=O) groups excluding carboxylic acids is 1. The van der Waals surface area contributed by atoms with Crippen LogP contribution in [0.1, 0.15) is 13.8 Å². The molecule has 63 valence electrons. The summed E-state index contributed by atoms with van der Waals surface area (Å²) in [6.45, 7) is 5.77. The Balaban J connectivity index is 2.51. The fourth-order valence-electron chi connectivity index (χ4n) is 0.939. The Labute approximate surface area is 67.5 Å². The van der Waals surface area contributed by atoms with Crippen LogP contribution < -0.4 is 5.73 Å². The average Bonchev–Trinajstić information content (AvgIpc) is 1.84. The molecule has 0 atom stereocenters. The SMILES string of the molecule is CC(C)(CN)C(=O)N1C[CH]C1. The molecule has 0 aromatic carbocycles. The van der Waals surface area contributed by atoms with Crippen LogP contribution in [0.4, 0.5) is 0 Å². The van der Waals surface area contributed by atoms with Crippen LogP contribution in [0.15, 0.2) is 0 Å². The molecule has 1 saturated heterocycles. The van der Waals surface area contributed by atoms with Gasteiger partial charge in [0.2, 0.25) is 5.91 Å². The summed E-state index contributed by atoms with van der Waals surface area (Å²) >= 11 is 0. The smallest absolute Gasteiger partial charge is 0.229 e. The fraction of sp³-hybridized carbons (Fsp3) is 0.750. The van der Waals surface area contributed by atoms with Crippen LogP contribution in [-0.2, 0) is 4.79 Å². The lowest BCUT2D eigenvalue weighted by atomic mass is 9.90. The first-order chi connectivity index (χ1) is 5.08. The summed E-state index contributed by atoms with van der Waals surface area (Å²) in [7, 11) is 0. The standard InChI is InChI=1S/C8H15N2O/c1-8(2,6-9)7(11)10-4-3-5-10/h3H,4-6,9H2,1-2H3. The second-order valence-corrected chi connectivity index (χ2v) is 3.59. The summed E-state index contributed by atoms with van der Waals surface area (Å²) in [6, 6.07) is 0. The van der Waals surface area contributed by atoms with Crippen molar-refractivity contribution in [3.8, 4) is 0 Å². The van der Waals surface area contributed by atoms with Crippen LogP contribution in [0.2, 0.25) is 0 Å². The van der Waals surface area contributed by atoms with E-state index in [-0.39, 0.29) is 11.3 Å². The molecule has 11 heavy (non-hydrogen) atoms. The summed E-state index contributed by atoms with van der Waals surface area (Å²) in [4.78, 5) is 13.3. The van der Waals surface area contributed by atoms with Crippen LogP contribution in [0, 0.1) is 11.8 Å². The molecule has 2 N–H and O–H groups in total. The van der Waals surface area contributed by atoms with Gasteiger partial charge in [-0.15, -0.1) is 0 Å². The number of nitrogens with zero attached hydrogens (tertiary/aromatic N) is 1. The molecule has 0 aliphatic carbocycles. The monoisotopic (exact) mass is 155 g/mol. The number of nitrogens with two attached hydrogens (primary N) is 1. The minimum atomic E-state index is -0.381.